The van der Waals surface area contributed by atoms with Gasteiger partial charge in [0.15, 0.2) is 0 Å². The molecule has 2 heteroatoms. The molecule has 1 aromatic heterocycles. The number of hydrogen-bond donors (Lipinski definition) is 1. The molecule has 1 heterocycles. The van der Waals surface area contributed by atoms with E-state index in [4.69, 9.17) is 0 Å². The topological polar surface area (TPSA) is 24.9 Å². The first-order valence-electron chi connectivity index (χ1n) is 7.03. The van der Waals surface area contributed by atoms with Gasteiger partial charge in [-0.25, -0.2) is 0 Å². The third-order valence-electron chi connectivity index (χ3n) is 3.61. The van der Waals surface area contributed by atoms with E-state index in [0.717, 1.165) is 24.2 Å². The molecule has 0 fully saturated rings. The Balaban J connectivity index is 1.87. The van der Waals surface area contributed by atoms with Crippen LogP contribution in [0.1, 0.15) is 18.1 Å². The third-order valence-corrected chi connectivity index (χ3v) is 3.61. The van der Waals surface area contributed by atoms with Crippen molar-refractivity contribution in [3.63, 3.8) is 0 Å². The minimum Gasteiger partial charge on any atom is -0.380 e. The van der Waals surface area contributed by atoms with E-state index in [1.807, 2.05) is 24.4 Å². The van der Waals surface area contributed by atoms with E-state index in [0.29, 0.717) is 0 Å². The average molecular weight is 262 g/mol. The van der Waals surface area contributed by atoms with Crippen LogP contribution >= 0.6 is 0 Å². The van der Waals surface area contributed by atoms with Gasteiger partial charge >= 0.3 is 0 Å². The van der Waals surface area contributed by atoms with E-state index >= 15 is 0 Å². The zero-order valence-electron chi connectivity index (χ0n) is 11.6. The molecule has 0 saturated carbocycles. The first-order chi connectivity index (χ1) is 9.88. The highest BCUT2D eigenvalue weighted by atomic mass is 14.9. The van der Waals surface area contributed by atoms with Gasteiger partial charge in [0.2, 0.25) is 0 Å². The summed E-state index contributed by atoms with van der Waals surface area (Å²) in [6.07, 6.45) is 2.90. The minimum atomic E-state index is 0.845. The maximum absolute atomic E-state index is 4.39. The van der Waals surface area contributed by atoms with Crippen molar-refractivity contribution in [1.29, 1.82) is 0 Å². The molecule has 0 saturated heterocycles. The highest BCUT2D eigenvalue weighted by Gasteiger charge is 2.03. The molecule has 0 aliphatic carbocycles. The van der Waals surface area contributed by atoms with Crippen molar-refractivity contribution >= 4 is 16.6 Å². The average Bonchev–Trinajstić information content (AvgIpc) is 2.53. The molecule has 0 amide bonds. The Morgan fingerprint density at radius 3 is 2.60 bits per heavy atom. The molecule has 2 nitrogen and oxygen atoms in total. The van der Waals surface area contributed by atoms with Crippen LogP contribution in [0.5, 0.6) is 0 Å². The minimum absolute atomic E-state index is 0.845. The lowest BCUT2D eigenvalue weighted by molar-refractivity contribution is 1.05. The van der Waals surface area contributed by atoms with E-state index in [9.17, 15) is 0 Å². The van der Waals surface area contributed by atoms with Crippen molar-refractivity contribution in [2.75, 3.05) is 5.32 Å². The van der Waals surface area contributed by atoms with Crippen LogP contribution in [-0.4, -0.2) is 4.98 Å². The summed E-state index contributed by atoms with van der Waals surface area (Å²) in [5.74, 6) is 0. The number of hydrogen-bond acceptors (Lipinski definition) is 2. The Kier molecular flexibility index (Phi) is 3.64. The fourth-order valence-corrected chi connectivity index (χ4v) is 2.52. The molecular formula is C18H18N2. The Labute approximate surface area is 119 Å². The summed E-state index contributed by atoms with van der Waals surface area (Å²) in [5.41, 5.74) is 4.93. The van der Waals surface area contributed by atoms with Crippen molar-refractivity contribution < 1.29 is 0 Å². The van der Waals surface area contributed by atoms with E-state index in [1.165, 1.54) is 16.5 Å². The van der Waals surface area contributed by atoms with Gasteiger partial charge in [0.25, 0.3) is 0 Å². The summed E-state index contributed by atoms with van der Waals surface area (Å²) in [6, 6.07) is 18.9. The van der Waals surface area contributed by atoms with Gasteiger partial charge in [-0.1, -0.05) is 37.3 Å². The molecule has 3 rings (SSSR count). The Morgan fingerprint density at radius 1 is 0.900 bits per heavy atom. The Morgan fingerprint density at radius 2 is 1.75 bits per heavy atom. The molecule has 2 aromatic carbocycles. The van der Waals surface area contributed by atoms with Gasteiger partial charge in [0.05, 0.1) is 5.52 Å². The molecule has 0 bridgehead atoms. The lowest BCUT2D eigenvalue weighted by Crippen LogP contribution is -2.03. The van der Waals surface area contributed by atoms with Crippen LogP contribution in [0.15, 0.2) is 60.8 Å². The summed E-state index contributed by atoms with van der Waals surface area (Å²) in [7, 11) is 0. The van der Waals surface area contributed by atoms with Gasteiger partial charge < -0.3 is 5.32 Å². The molecule has 0 atom stereocenters. The number of anilines is 1. The number of nitrogens with zero attached hydrogens (tertiary/aromatic N) is 1. The van der Waals surface area contributed by atoms with E-state index < -0.39 is 0 Å². The summed E-state index contributed by atoms with van der Waals surface area (Å²) in [6.45, 7) is 3.04. The standard InChI is InChI=1S/C18H18N2/c1-2-14-7-3-4-8-15(14)13-20-18-11-5-10-17-16(18)9-6-12-19-17/h3-12,20H,2,13H2,1H3. The van der Waals surface area contributed by atoms with Gasteiger partial charge in [-0.3, -0.25) is 4.98 Å². The number of aryl methyl sites for hydroxylation is 1. The van der Waals surface area contributed by atoms with Crippen LogP contribution in [0, 0.1) is 0 Å². The van der Waals surface area contributed by atoms with Crippen LogP contribution in [-0.2, 0) is 13.0 Å². The number of rotatable bonds is 4. The van der Waals surface area contributed by atoms with Crippen molar-refractivity contribution in [1.82, 2.24) is 4.98 Å². The number of pyridine rings is 1. The van der Waals surface area contributed by atoms with Crippen LogP contribution in [0.25, 0.3) is 10.9 Å². The number of aromatic nitrogens is 1. The number of benzene rings is 2. The predicted octanol–water partition coefficient (Wildman–Crippen LogP) is 4.41. The molecule has 0 radical (unpaired) electrons. The first-order valence-corrected chi connectivity index (χ1v) is 7.03. The molecule has 0 spiro atoms. The van der Waals surface area contributed by atoms with Crippen molar-refractivity contribution in [3.8, 4) is 0 Å². The predicted molar refractivity (Wildman–Crippen MR) is 84.9 cm³/mol. The number of fused-ring (bicyclic) bond motifs is 1. The lowest BCUT2D eigenvalue weighted by Gasteiger charge is -2.12. The van der Waals surface area contributed by atoms with Crippen molar-refractivity contribution in [2.45, 2.75) is 19.9 Å². The summed E-state index contributed by atoms with van der Waals surface area (Å²) >= 11 is 0. The summed E-state index contributed by atoms with van der Waals surface area (Å²) < 4.78 is 0. The van der Waals surface area contributed by atoms with Crippen LogP contribution in [0.3, 0.4) is 0 Å². The van der Waals surface area contributed by atoms with Gasteiger partial charge in [-0.2, -0.15) is 0 Å². The van der Waals surface area contributed by atoms with Gasteiger partial charge in [-0.05, 0) is 41.8 Å². The number of nitrogens with one attached hydrogen (secondary N) is 1. The molecule has 0 aliphatic heterocycles. The maximum atomic E-state index is 4.39. The normalized spacial score (nSPS) is 10.7. The van der Waals surface area contributed by atoms with E-state index in [1.54, 1.807) is 0 Å². The van der Waals surface area contributed by atoms with Gasteiger partial charge in [0, 0.05) is 23.8 Å². The third kappa shape index (κ3) is 2.50. The monoisotopic (exact) mass is 262 g/mol. The summed E-state index contributed by atoms with van der Waals surface area (Å²) in [4.78, 5) is 4.39. The molecule has 100 valence electrons. The summed E-state index contributed by atoms with van der Waals surface area (Å²) in [5, 5.41) is 4.71. The van der Waals surface area contributed by atoms with Gasteiger partial charge in [0.1, 0.15) is 0 Å². The highest BCUT2D eigenvalue weighted by molar-refractivity contribution is 5.91. The zero-order chi connectivity index (χ0) is 13.8. The van der Waals surface area contributed by atoms with Crippen molar-refractivity contribution in [2.24, 2.45) is 0 Å². The molecule has 20 heavy (non-hydrogen) atoms. The fourth-order valence-electron chi connectivity index (χ4n) is 2.52. The van der Waals surface area contributed by atoms with Gasteiger partial charge in [-0.15, -0.1) is 0 Å². The first kappa shape index (κ1) is 12.7. The fraction of sp³-hybridized carbons (Fsp3) is 0.167. The van der Waals surface area contributed by atoms with E-state index in [2.05, 4.69) is 53.6 Å². The second-order valence-electron chi connectivity index (χ2n) is 4.85. The van der Waals surface area contributed by atoms with Crippen molar-refractivity contribution in [3.05, 3.63) is 71.9 Å². The maximum Gasteiger partial charge on any atom is 0.0722 e. The molecule has 0 aliphatic rings. The molecular weight excluding hydrogens is 244 g/mol. The second kappa shape index (κ2) is 5.74. The smallest absolute Gasteiger partial charge is 0.0722 e. The van der Waals surface area contributed by atoms with Crippen LogP contribution < -0.4 is 5.32 Å². The van der Waals surface area contributed by atoms with Crippen LogP contribution in [0.2, 0.25) is 0 Å². The Hall–Kier alpha value is -2.35. The molecule has 0 unspecified atom stereocenters. The highest BCUT2D eigenvalue weighted by Crippen LogP contribution is 2.22. The molecule has 1 N–H and O–H groups in total. The SMILES string of the molecule is CCc1ccccc1CNc1cccc2ncccc12. The quantitative estimate of drug-likeness (QED) is 0.753. The lowest BCUT2D eigenvalue weighted by atomic mass is 10.1. The molecule has 3 aromatic rings. The second-order valence-corrected chi connectivity index (χ2v) is 4.85. The van der Waals surface area contributed by atoms with E-state index in [-0.39, 0.29) is 0 Å². The zero-order valence-corrected chi connectivity index (χ0v) is 11.6. The Bertz CT molecular complexity index is 714. The largest absolute Gasteiger partial charge is 0.380 e. The van der Waals surface area contributed by atoms with Crippen LogP contribution in [0.4, 0.5) is 5.69 Å².